The third-order valence-electron chi connectivity index (χ3n) is 3.86. The van der Waals surface area contributed by atoms with Crippen molar-refractivity contribution in [1.29, 1.82) is 0 Å². The molecule has 0 fully saturated rings. The lowest BCUT2D eigenvalue weighted by atomic mass is 9.97. The Balaban J connectivity index is 2.04. The van der Waals surface area contributed by atoms with E-state index < -0.39 is 17.8 Å². The molecule has 6 nitrogen and oxygen atoms in total. The summed E-state index contributed by atoms with van der Waals surface area (Å²) in [6.07, 6.45) is 7.43. The standard InChI is InChI=1S/C17H19NO5/c19-15(18-9-8-11-4-2-1-3-5-11)13-7-6-12(16(20)21)10-14(13)17(22)23/h4,6-7,10H,1-3,5,8-9H2,(H,18,19)(H,20,21)(H,22,23). The maximum Gasteiger partial charge on any atom is 0.336 e. The van der Waals surface area contributed by atoms with E-state index in [0.29, 0.717) is 6.54 Å². The zero-order valence-corrected chi connectivity index (χ0v) is 12.7. The normalized spacial score (nSPS) is 14.0. The number of amides is 1. The fourth-order valence-electron chi connectivity index (χ4n) is 2.62. The summed E-state index contributed by atoms with van der Waals surface area (Å²) in [6, 6.07) is 3.47. The Hall–Kier alpha value is -2.63. The number of rotatable bonds is 6. The first-order chi connectivity index (χ1) is 11.0. The van der Waals surface area contributed by atoms with E-state index in [0.717, 1.165) is 25.3 Å². The van der Waals surface area contributed by atoms with Crippen LogP contribution in [0, 0.1) is 0 Å². The largest absolute Gasteiger partial charge is 0.478 e. The molecule has 0 aromatic heterocycles. The fourth-order valence-corrected chi connectivity index (χ4v) is 2.62. The van der Waals surface area contributed by atoms with Gasteiger partial charge in [-0.15, -0.1) is 0 Å². The van der Waals surface area contributed by atoms with Gasteiger partial charge in [0.25, 0.3) is 5.91 Å². The fraction of sp³-hybridized carbons (Fsp3) is 0.353. The molecule has 1 amide bonds. The molecule has 122 valence electrons. The van der Waals surface area contributed by atoms with Crippen LogP contribution in [0.1, 0.15) is 63.2 Å². The number of carbonyl (C=O) groups excluding carboxylic acids is 1. The predicted molar refractivity (Wildman–Crippen MR) is 83.9 cm³/mol. The van der Waals surface area contributed by atoms with Gasteiger partial charge < -0.3 is 15.5 Å². The second-order valence-corrected chi connectivity index (χ2v) is 5.48. The van der Waals surface area contributed by atoms with Gasteiger partial charge in [0.05, 0.1) is 16.7 Å². The smallest absolute Gasteiger partial charge is 0.336 e. The molecule has 3 N–H and O–H groups in total. The van der Waals surface area contributed by atoms with Crippen LogP contribution in [-0.4, -0.2) is 34.6 Å². The summed E-state index contributed by atoms with van der Waals surface area (Å²) in [4.78, 5) is 34.3. The van der Waals surface area contributed by atoms with Gasteiger partial charge in [-0.25, -0.2) is 9.59 Å². The minimum absolute atomic E-state index is 0.0277. The zero-order valence-electron chi connectivity index (χ0n) is 12.7. The quantitative estimate of drug-likeness (QED) is 0.700. The molecule has 6 heteroatoms. The maximum absolute atomic E-state index is 12.2. The topological polar surface area (TPSA) is 104 Å². The Morgan fingerprint density at radius 2 is 1.83 bits per heavy atom. The highest BCUT2D eigenvalue weighted by Gasteiger charge is 2.18. The molecule has 0 spiro atoms. The number of allylic oxidation sites excluding steroid dienone is 1. The Morgan fingerprint density at radius 3 is 2.43 bits per heavy atom. The molecular formula is C17H19NO5. The molecule has 0 heterocycles. The summed E-state index contributed by atoms with van der Waals surface area (Å²) >= 11 is 0. The van der Waals surface area contributed by atoms with Crippen LogP contribution in [0.4, 0.5) is 0 Å². The van der Waals surface area contributed by atoms with Crippen LogP contribution in [0.25, 0.3) is 0 Å². The van der Waals surface area contributed by atoms with E-state index in [2.05, 4.69) is 11.4 Å². The maximum atomic E-state index is 12.2. The Labute approximate surface area is 133 Å². The molecule has 0 aliphatic heterocycles. The number of aromatic carboxylic acids is 2. The molecule has 0 saturated carbocycles. The minimum atomic E-state index is -1.33. The van der Waals surface area contributed by atoms with Crippen molar-refractivity contribution in [2.24, 2.45) is 0 Å². The minimum Gasteiger partial charge on any atom is -0.478 e. The van der Waals surface area contributed by atoms with Crippen molar-refractivity contribution >= 4 is 17.8 Å². The number of benzene rings is 1. The predicted octanol–water partition coefficient (Wildman–Crippen LogP) is 2.70. The Morgan fingerprint density at radius 1 is 1.04 bits per heavy atom. The molecule has 0 saturated heterocycles. The van der Waals surface area contributed by atoms with Crippen molar-refractivity contribution in [3.05, 3.63) is 46.5 Å². The number of hydrogen-bond donors (Lipinski definition) is 3. The molecular weight excluding hydrogens is 298 g/mol. The van der Waals surface area contributed by atoms with Crippen molar-refractivity contribution in [2.75, 3.05) is 6.54 Å². The monoisotopic (exact) mass is 317 g/mol. The van der Waals surface area contributed by atoms with Crippen LogP contribution in [0.3, 0.4) is 0 Å². The summed E-state index contributed by atoms with van der Waals surface area (Å²) in [7, 11) is 0. The highest BCUT2D eigenvalue weighted by molar-refractivity contribution is 6.06. The van der Waals surface area contributed by atoms with Gasteiger partial charge in [0, 0.05) is 6.54 Å². The molecule has 0 bridgehead atoms. The number of nitrogens with one attached hydrogen (secondary N) is 1. The van der Waals surface area contributed by atoms with E-state index in [1.807, 2.05) is 0 Å². The Kier molecular flexibility index (Phi) is 5.51. The van der Waals surface area contributed by atoms with Gasteiger partial charge in [-0.2, -0.15) is 0 Å². The van der Waals surface area contributed by atoms with Crippen molar-refractivity contribution < 1.29 is 24.6 Å². The van der Waals surface area contributed by atoms with E-state index in [1.165, 1.54) is 30.5 Å². The van der Waals surface area contributed by atoms with E-state index in [1.54, 1.807) is 0 Å². The second kappa shape index (κ2) is 7.58. The van der Waals surface area contributed by atoms with Gasteiger partial charge in [0.2, 0.25) is 0 Å². The van der Waals surface area contributed by atoms with Crippen LogP contribution < -0.4 is 5.32 Å². The lowest BCUT2D eigenvalue weighted by molar-refractivity contribution is 0.0691. The highest BCUT2D eigenvalue weighted by Crippen LogP contribution is 2.19. The number of carbonyl (C=O) groups is 3. The lowest BCUT2D eigenvalue weighted by Gasteiger charge is -2.13. The van der Waals surface area contributed by atoms with Gasteiger partial charge >= 0.3 is 11.9 Å². The first kappa shape index (κ1) is 16.7. The molecule has 0 unspecified atom stereocenters. The number of carboxylic acids is 2. The summed E-state index contributed by atoms with van der Waals surface area (Å²) in [5, 5.41) is 20.8. The van der Waals surface area contributed by atoms with Crippen LogP contribution in [0.2, 0.25) is 0 Å². The number of carboxylic acid groups (broad SMARTS) is 2. The zero-order chi connectivity index (χ0) is 16.8. The molecule has 0 radical (unpaired) electrons. The van der Waals surface area contributed by atoms with Crippen LogP contribution >= 0.6 is 0 Å². The van der Waals surface area contributed by atoms with Crippen molar-refractivity contribution in [3.63, 3.8) is 0 Å². The van der Waals surface area contributed by atoms with E-state index in [-0.39, 0.29) is 16.7 Å². The molecule has 23 heavy (non-hydrogen) atoms. The SMILES string of the molecule is O=C(O)c1ccc(C(=O)NCCC2=CCCCC2)c(C(=O)O)c1. The van der Waals surface area contributed by atoms with Crippen LogP contribution in [-0.2, 0) is 0 Å². The van der Waals surface area contributed by atoms with Crippen molar-refractivity contribution in [3.8, 4) is 0 Å². The van der Waals surface area contributed by atoms with Crippen molar-refractivity contribution in [2.45, 2.75) is 32.1 Å². The van der Waals surface area contributed by atoms with E-state index >= 15 is 0 Å². The van der Waals surface area contributed by atoms with Crippen LogP contribution in [0.15, 0.2) is 29.8 Å². The van der Waals surface area contributed by atoms with Crippen molar-refractivity contribution in [1.82, 2.24) is 5.32 Å². The first-order valence-corrected chi connectivity index (χ1v) is 7.56. The first-order valence-electron chi connectivity index (χ1n) is 7.56. The molecule has 2 rings (SSSR count). The molecule has 0 atom stereocenters. The molecule has 1 aliphatic rings. The average molecular weight is 317 g/mol. The van der Waals surface area contributed by atoms with E-state index in [9.17, 15) is 14.4 Å². The average Bonchev–Trinajstić information content (AvgIpc) is 2.55. The highest BCUT2D eigenvalue weighted by atomic mass is 16.4. The van der Waals surface area contributed by atoms with Gasteiger partial charge in [-0.05, 0) is 50.3 Å². The van der Waals surface area contributed by atoms with Gasteiger partial charge in [0.15, 0.2) is 0 Å². The van der Waals surface area contributed by atoms with E-state index in [4.69, 9.17) is 10.2 Å². The summed E-state index contributed by atoms with van der Waals surface area (Å²) in [5.74, 6) is -3.06. The van der Waals surface area contributed by atoms with Gasteiger partial charge in [0.1, 0.15) is 0 Å². The summed E-state index contributed by atoms with van der Waals surface area (Å²) in [6.45, 7) is 0.435. The van der Waals surface area contributed by atoms with Crippen LogP contribution in [0.5, 0.6) is 0 Å². The number of hydrogen-bond acceptors (Lipinski definition) is 3. The second-order valence-electron chi connectivity index (χ2n) is 5.48. The summed E-state index contributed by atoms with van der Waals surface area (Å²) < 4.78 is 0. The molecule has 1 aromatic rings. The third-order valence-corrected chi connectivity index (χ3v) is 3.86. The summed E-state index contributed by atoms with van der Waals surface area (Å²) in [5.41, 5.74) is 0.821. The molecule has 1 aliphatic carbocycles. The molecule has 1 aromatic carbocycles. The third kappa shape index (κ3) is 4.42. The van der Waals surface area contributed by atoms with Gasteiger partial charge in [-0.1, -0.05) is 11.6 Å². The Bertz CT molecular complexity index is 663. The van der Waals surface area contributed by atoms with Gasteiger partial charge in [-0.3, -0.25) is 4.79 Å². The lowest BCUT2D eigenvalue weighted by Crippen LogP contribution is -2.27.